The fraction of sp³-hybridized carbons (Fsp3) is 0.192. The van der Waals surface area contributed by atoms with Crippen LogP contribution in [0.15, 0.2) is 48.2 Å². The van der Waals surface area contributed by atoms with Crippen LogP contribution in [0.25, 0.3) is 11.4 Å². The van der Waals surface area contributed by atoms with Crippen LogP contribution >= 0.6 is 11.3 Å². The molecular weight excluding hydrogens is 480 g/mol. The minimum atomic E-state index is -1.09. The summed E-state index contributed by atoms with van der Waals surface area (Å²) in [6.07, 6.45) is 1.80. The third kappa shape index (κ3) is 3.49. The standard InChI is InChI=1S/C26H22N4O5S/c1-12-7-6-10-29-14(3)19(28-24(12)29)21(33)18-20(16-8-5-9-17(32)11-16)30(25(35)22(18)34)26-27-13(2)23(36-26)15(4)31/h5-11,20,32-33H,1-4H3. The quantitative estimate of drug-likeness (QED) is 0.185. The van der Waals surface area contributed by atoms with E-state index in [4.69, 9.17) is 0 Å². The lowest BCUT2D eigenvalue weighted by Crippen LogP contribution is -2.29. The summed E-state index contributed by atoms with van der Waals surface area (Å²) in [6, 6.07) is 8.75. The van der Waals surface area contributed by atoms with Gasteiger partial charge in [-0.1, -0.05) is 29.5 Å². The zero-order chi connectivity index (χ0) is 25.9. The maximum atomic E-state index is 13.4. The van der Waals surface area contributed by atoms with Crippen LogP contribution < -0.4 is 4.90 Å². The van der Waals surface area contributed by atoms with E-state index in [2.05, 4.69) is 9.97 Å². The van der Waals surface area contributed by atoms with Crippen molar-refractivity contribution < 1.29 is 24.6 Å². The average Bonchev–Trinajstić information content (AvgIpc) is 3.46. The number of thiazole rings is 1. The summed E-state index contributed by atoms with van der Waals surface area (Å²) in [7, 11) is 0. The van der Waals surface area contributed by atoms with Gasteiger partial charge in [-0.2, -0.15) is 0 Å². The van der Waals surface area contributed by atoms with Crippen LogP contribution in [0.4, 0.5) is 5.13 Å². The van der Waals surface area contributed by atoms with Crippen molar-refractivity contribution in [3.05, 3.63) is 81.3 Å². The Morgan fingerprint density at radius 2 is 1.83 bits per heavy atom. The molecule has 4 aromatic rings. The molecule has 1 fully saturated rings. The van der Waals surface area contributed by atoms with Crippen molar-refractivity contribution in [3.8, 4) is 5.75 Å². The van der Waals surface area contributed by atoms with Crippen LogP contribution in [-0.4, -0.2) is 42.1 Å². The third-order valence-electron chi connectivity index (χ3n) is 6.25. The van der Waals surface area contributed by atoms with Crippen LogP contribution in [0, 0.1) is 20.8 Å². The topological polar surface area (TPSA) is 125 Å². The molecule has 1 aliphatic heterocycles. The van der Waals surface area contributed by atoms with Crippen LogP contribution in [0.3, 0.4) is 0 Å². The molecule has 3 aromatic heterocycles. The highest BCUT2D eigenvalue weighted by Gasteiger charge is 2.49. The molecule has 182 valence electrons. The molecule has 1 aromatic carbocycles. The molecule has 9 nitrogen and oxygen atoms in total. The lowest BCUT2D eigenvalue weighted by atomic mass is 9.96. The SMILES string of the molecule is CC(=O)c1sc(N2C(=O)C(=O)C(=C(O)c3nc4c(C)cccn4c3C)C2c2cccc(O)c2)nc1C. The maximum Gasteiger partial charge on any atom is 0.301 e. The summed E-state index contributed by atoms with van der Waals surface area (Å²) in [5.41, 5.74) is 2.91. The van der Waals surface area contributed by atoms with Crippen molar-refractivity contribution in [1.29, 1.82) is 0 Å². The molecule has 0 aliphatic carbocycles. The molecule has 5 rings (SSSR count). The number of rotatable bonds is 4. The molecule has 1 atom stereocenters. The summed E-state index contributed by atoms with van der Waals surface area (Å²) in [6.45, 7) is 6.70. The number of aliphatic hydroxyl groups excluding tert-OH is 1. The first-order valence-electron chi connectivity index (χ1n) is 11.1. The molecular formula is C26H22N4O5S. The highest BCUT2D eigenvalue weighted by atomic mass is 32.1. The van der Waals surface area contributed by atoms with E-state index >= 15 is 0 Å². The van der Waals surface area contributed by atoms with Crippen molar-refractivity contribution >= 4 is 45.3 Å². The number of aromatic hydroxyl groups is 1. The molecule has 2 N–H and O–H groups in total. The third-order valence-corrected chi connectivity index (χ3v) is 7.51. The summed E-state index contributed by atoms with van der Waals surface area (Å²) in [5.74, 6) is -2.52. The number of phenolic OH excluding ortho intramolecular Hbond substituents is 1. The van der Waals surface area contributed by atoms with Gasteiger partial charge in [0.2, 0.25) is 0 Å². The Morgan fingerprint density at radius 1 is 1.08 bits per heavy atom. The van der Waals surface area contributed by atoms with Gasteiger partial charge in [-0.15, -0.1) is 0 Å². The predicted octanol–water partition coefficient (Wildman–Crippen LogP) is 4.25. The Balaban J connectivity index is 1.78. The number of hydrogen-bond acceptors (Lipinski definition) is 8. The molecule has 4 heterocycles. The van der Waals surface area contributed by atoms with Crippen LogP contribution in [0.2, 0.25) is 0 Å². The molecule has 36 heavy (non-hydrogen) atoms. The number of aryl methyl sites for hydroxylation is 3. The van der Waals surface area contributed by atoms with Gasteiger partial charge in [0.15, 0.2) is 16.7 Å². The van der Waals surface area contributed by atoms with E-state index in [1.165, 1.54) is 24.0 Å². The number of carbonyl (C=O) groups excluding carboxylic acids is 3. The van der Waals surface area contributed by atoms with Gasteiger partial charge < -0.3 is 14.6 Å². The van der Waals surface area contributed by atoms with Gasteiger partial charge in [0.25, 0.3) is 5.78 Å². The van der Waals surface area contributed by atoms with Gasteiger partial charge in [-0.05, 0) is 50.1 Å². The van der Waals surface area contributed by atoms with Crippen LogP contribution in [0.1, 0.15) is 50.8 Å². The fourth-order valence-electron chi connectivity index (χ4n) is 4.53. The number of ketones is 2. The van der Waals surface area contributed by atoms with Crippen molar-refractivity contribution in [2.75, 3.05) is 4.90 Å². The predicted molar refractivity (Wildman–Crippen MR) is 134 cm³/mol. The zero-order valence-electron chi connectivity index (χ0n) is 19.9. The number of hydrogen-bond donors (Lipinski definition) is 2. The van der Waals surface area contributed by atoms with Gasteiger partial charge in [0.05, 0.1) is 27.9 Å². The van der Waals surface area contributed by atoms with E-state index in [0.717, 1.165) is 16.9 Å². The minimum Gasteiger partial charge on any atom is -0.508 e. The molecule has 1 aliphatic rings. The van der Waals surface area contributed by atoms with Gasteiger partial charge in [-0.25, -0.2) is 9.97 Å². The van der Waals surface area contributed by atoms with E-state index in [9.17, 15) is 24.6 Å². The van der Waals surface area contributed by atoms with Crippen LogP contribution in [0.5, 0.6) is 5.75 Å². The summed E-state index contributed by atoms with van der Waals surface area (Å²) in [5, 5.41) is 21.8. The van der Waals surface area contributed by atoms with E-state index < -0.39 is 23.5 Å². The molecule has 0 radical (unpaired) electrons. The second-order valence-corrected chi connectivity index (χ2v) is 9.64. The number of imidazole rings is 1. The average molecular weight is 503 g/mol. The van der Waals surface area contributed by atoms with Gasteiger partial charge >= 0.3 is 5.91 Å². The van der Waals surface area contributed by atoms with E-state index in [-0.39, 0.29) is 27.9 Å². The lowest BCUT2D eigenvalue weighted by Gasteiger charge is -2.23. The van der Waals surface area contributed by atoms with E-state index in [0.29, 0.717) is 27.5 Å². The number of amides is 1. The monoisotopic (exact) mass is 502 g/mol. The highest BCUT2D eigenvalue weighted by molar-refractivity contribution is 7.18. The molecule has 0 spiro atoms. The van der Waals surface area contributed by atoms with E-state index in [1.54, 1.807) is 36.6 Å². The Kier molecular flexibility index (Phi) is 5.48. The normalized spacial score (nSPS) is 17.3. The number of aromatic nitrogens is 3. The van der Waals surface area contributed by atoms with E-state index in [1.807, 2.05) is 19.1 Å². The fourth-order valence-corrected chi connectivity index (χ4v) is 5.51. The lowest BCUT2D eigenvalue weighted by molar-refractivity contribution is -0.132. The number of pyridine rings is 1. The largest absolute Gasteiger partial charge is 0.508 e. The van der Waals surface area contributed by atoms with Crippen LogP contribution in [-0.2, 0) is 9.59 Å². The molecule has 10 heteroatoms. The maximum absolute atomic E-state index is 13.4. The second kappa shape index (κ2) is 8.42. The zero-order valence-corrected chi connectivity index (χ0v) is 20.8. The molecule has 1 unspecified atom stereocenters. The molecule has 0 saturated carbocycles. The molecule has 0 bridgehead atoms. The Hall–Kier alpha value is -4.31. The number of nitrogens with zero attached hydrogens (tertiary/aromatic N) is 4. The summed E-state index contributed by atoms with van der Waals surface area (Å²) >= 11 is 0.998. The number of Topliss-reactive ketones (excluding diaryl/α,β-unsaturated/α-hetero) is 2. The van der Waals surface area contributed by atoms with Crippen molar-refractivity contribution in [1.82, 2.24) is 14.4 Å². The Bertz CT molecular complexity index is 1630. The number of benzene rings is 1. The highest BCUT2D eigenvalue weighted by Crippen LogP contribution is 2.44. The Labute approximate surface area is 210 Å². The van der Waals surface area contributed by atoms with Gasteiger partial charge in [-0.3, -0.25) is 19.3 Å². The van der Waals surface area contributed by atoms with Crippen molar-refractivity contribution in [3.63, 3.8) is 0 Å². The van der Waals surface area contributed by atoms with Crippen molar-refractivity contribution in [2.24, 2.45) is 0 Å². The smallest absolute Gasteiger partial charge is 0.301 e. The minimum absolute atomic E-state index is 0.0719. The number of aliphatic hydroxyl groups is 1. The number of phenols is 1. The molecule has 1 saturated heterocycles. The van der Waals surface area contributed by atoms with Gasteiger partial charge in [0, 0.05) is 13.1 Å². The first kappa shape index (κ1) is 23.4. The summed E-state index contributed by atoms with van der Waals surface area (Å²) < 4.78 is 1.80. The number of carbonyl (C=O) groups is 3. The Morgan fingerprint density at radius 3 is 2.47 bits per heavy atom. The second-order valence-electron chi connectivity index (χ2n) is 8.66. The first-order chi connectivity index (χ1) is 17.1. The number of anilines is 1. The molecule has 1 amide bonds. The van der Waals surface area contributed by atoms with Gasteiger partial charge in [0.1, 0.15) is 17.1 Å². The van der Waals surface area contributed by atoms with Crippen molar-refractivity contribution in [2.45, 2.75) is 33.7 Å². The summed E-state index contributed by atoms with van der Waals surface area (Å²) in [4.78, 5) is 49.3. The first-order valence-corrected chi connectivity index (χ1v) is 11.9. The number of fused-ring (bicyclic) bond motifs is 1.